The second kappa shape index (κ2) is 12.4. The lowest BCUT2D eigenvalue weighted by molar-refractivity contribution is -0.145. The van der Waals surface area contributed by atoms with E-state index in [9.17, 15) is 19.2 Å². The van der Waals surface area contributed by atoms with E-state index in [1.54, 1.807) is 6.21 Å². The highest BCUT2D eigenvalue weighted by atomic mass is 16.4. The molecule has 5 rings (SSSR count). The van der Waals surface area contributed by atoms with Crippen molar-refractivity contribution >= 4 is 47.1 Å². The van der Waals surface area contributed by atoms with Crippen LogP contribution in [0, 0.1) is 5.41 Å². The number of para-hydroxylation sites is 2. The Kier molecular flexibility index (Phi) is 9.04. The number of carbonyl (C=O) groups excluding carboxylic acids is 2. The lowest BCUT2D eigenvalue weighted by Gasteiger charge is -2.23. The van der Waals surface area contributed by atoms with Crippen molar-refractivity contribution in [1.82, 2.24) is 0 Å². The van der Waals surface area contributed by atoms with Crippen molar-refractivity contribution in [3.8, 4) is 0 Å². The third kappa shape index (κ3) is 7.10. The number of carboxylic acid groups (broad SMARTS) is 2. The summed E-state index contributed by atoms with van der Waals surface area (Å²) in [5.41, 5.74) is 1.59. The van der Waals surface area contributed by atoms with Gasteiger partial charge in [0, 0.05) is 17.5 Å². The monoisotopic (exact) mass is 516 g/mol. The molecule has 2 heterocycles. The number of benzene rings is 2. The third-order valence-corrected chi connectivity index (χ3v) is 5.70. The average Bonchev–Trinajstić information content (AvgIpc) is 3.49. The molecule has 1 unspecified atom stereocenters. The molecule has 10 nitrogen and oxygen atoms in total. The SMILES string of the molecule is CC1(C(=O)O)C=CC=C(C(=O)O)C1.CC1=NN(c2ccccc2)C(=O)C1.O=C1CC=NN1c1ccccc1. The topological polar surface area (TPSA) is 140 Å². The fraction of sp³-hybridized carbons (Fsp3) is 0.214. The number of hydrogen-bond donors (Lipinski definition) is 2. The first-order valence-electron chi connectivity index (χ1n) is 11.8. The van der Waals surface area contributed by atoms with Gasteiger partial charge in [-0.2, -0.15) is 10.2 Å². The summed E-state index contributed by atoms with van der Waals surface area (Å²) in [6.45, 7) is 3.36. The van der Waals surface area contributed by atoms with Crippen molar-refractivity contribution in [1.29, 1.82) is 0 Å². The van der Waals surface area contributed by atoms with E-state index in [1.807, 2.05) is 67.6 Å². The minimum atomic E-state index is -1.08. The Balaban J connectivity index is 0.000000158. The van der Waals surface area contributed by atoms with Crippen LogP contribution in [0.15, 0.2) is 94.7 Å². The Morgan fingerprint density at radius 1 is 0.895 bits per heavy atom. The molecule has 0 aromatic heterocycles. The molecule has 0 spiro atoms. The summed E-state index contributed by atoms with van der Waals surface area (Å²) >= 11 is 0. The molecular formula is C28H28N4O6. The van der Waals surface area contributed by atoms with Crippen LogP contribution in [0.1, 0.15) is 33.1 Å². The fourth-order valence-corrected chi connectivity index (χ4v) is 3.64. The fourth-order valence-electron chi connectivity index (χ4n) is 3.64. The summed E-state index contributed by atoms with van der Waals surface area (Å²) in [6.07, 6.45) is 6.91. The highest BCUT2D eigenvalue weighted by Crippen LogP contribution is 2.31. The van der Waals surface area contributed by atoms with Crippen LogP contribution in [0.3, 0.4) is 0 Å². The van der Waals surface area contributed by atoms with Gasteiger partial charge in [0.1, 0.15) is 0 Å². The van der Waals surface area contributed by atoms with Gasteiger partial charge in [0.2, 0.25) is 0 Å². The molecule has 2 aliphatic heterocycles. The van der Waals surface area contributed by atoms with Crippen LogP contribution in [0.25, 0.3) is 0 Å². The number of allylic oxidation sites excluding steroid dienone is 2. The largest absolute Gasteiger partial charge is 0.481 e. The first kappa shape index (κ1) is 27.7. The number of carbonyl (C=O) groups is 4. The molecule has 2 aromatic carbocycles. The van der Waals surface area contributed by atoms with E-state index in [-0.39, 0.29) is 23.8 Å². The number of carboxylic acids is 2. The molecule has 0 bridgehead atoms. The minimum absolute atomic E-state index is 0.0289. The summed E-state index contributed by atoms with van der Waals surface area (Å²) in [7, 11) is 0. The van der Waals surface area contributed by atoms with Gasteiger partial charge in [-0.25, -0.2) is 14.8 Å². The van der Waals surface area contributed by atoms with Gasteiger partial charge >= 0.3 is 11.9 Å². The molecule has 2 aromatic rings. The van der Waals surface area contributed by atoms with Crippen LogP contribution in [0.5, 0.6) is 0 Å². The molecule has 0 radical (unpaired) electrons. The summed E-state index contributed by atoms with van der Waals surface area (Å²) in [6, 6.07) is 18.9. The first-order valence-corrected chi connectivity index (χ1v) is 11.8. The third-order valence-electron chi connectivity index (χ3n) is 5.70. The van der Waals surface area contributed by atoms with E-state index >= 15 is 0 Å². The zero-order valence-electron chi connectivity index (χ0n) is 21.0. The molecule has 2 N–H and O–H groups in total. The van der Waals surface area contributed by atoms with Gasteiger partial charge in [-0.1, -0.05) is 54.6 Å². The van der Waals surface area contributed by atoms with E-state index in [4.69, 9.17) is 10.2 Å². The molecule has 0 saturated heterocycles. The number of nitrogens with zero attached hydrogens (tertiary/aromatic N) is 4. The molecule has 196 valence electrons. The Bertz CT molecular complexity index is 1320. The van der Waals surface area contributed by atoms with Crippen molar-refractivity contribution < 1.29 is 29.4 Å². The molecule has 1 aliphatic carbocycles. The maximum absolute atomic E-state index is 11.4. The van der Waals surface area contributed by atoms with Crippen molar-refractivity contribution in [3.05, 3.63) is 84.5 Å². The Hall–Kier alpha value is -4.86. The predicted octanol–water partition coefficient (Wildman–Crippen LogP) is 4.26. The first-order chi connectivity index (χ1) is 18.1. The highest BCUT2D eigenvalue weighted by molar-refractivity contribution is 6.12. The molecule has 1 atom stereocenters. The van der Waals surface area contributed by atoms with Crippen LogP contribution in [-0.2, 0) is 19.2 Å². The quantitative estimate of drug-likeness (QED) is 0.622. The normalized spacial score (nSPS) is 19.6. The Labute approximate surface area is 219 Å². The molecule has 3 aliphatic rings. The highest BCUT2D eigenvalue weighted by Gasteiger charge is 2.34. The lowest BCUT2D eigenvalue weighted by atomic mass is 9.80. The molecule has 10 heteroatoms. The molecule has 2 amide bonds. The molecular weight excluding hydrogens is 488 g/mol. The maximum Gasteiger partial charge on any atom is 0.331 e. The molecule has 0 fully saturated rings. The smallest absolute Gasteiger partial charge is 0.331 e. The summed E-state index contributed by atoms with van der Waals surface area (Å²) < 4.78 is 0. The van der Waals surface area contributed by atoms with Crippen LogP contribution < -0.4 is 10.0 Å². The standard InChI is InChI=1S/C10H10N2O.C9H8N2O.C9H10O4/c1-8-7-10(13)12(11-8)9-5-3-2-4-6-9;12-9-6-7-10-11(9)8-4-2-1-3-5-8;1-9(8(12)13)4-2-3-6(5-9)7(10)11/h2-6H,7H2,1H3;1-5,7H,6H2;2-4H,5H2,1H3,(H,10,11)(H,12,13). The van der Waals surface area contributed by atoms with Crippen molar-refractivity contribution in [3.63, 3.8) is 0 Å². The molecule has 0 saturated carbocycles. The van der Waals surface area contributed by atoms with Crippen molar-refractivity contribution in [2.75, 3.05) is 10.0 Å². The van der Waals surface area contributed by atoms with Crippen LogP contribution in [-0.4, -0.2) is 45.9 Å². The van der Waals surface area contributed by atoms with E-state index in [2.05, 4.69) is 10.2 Å². The van der Waals surface area contributed by atoms with Gasteiger partial charge in [0.15, 0.2) is 0 Å². The van der Waals surface area contributed by atoms with Crippen LogP contribution in [0.2, 0.25) is 0 Å². The Morgan fingerprint density at radius 3 is 1.92 bits per heavy atom. The van der Waals surface area contributed by atoms with Crippen LogP contribution in [0.4, 0.5) is 11.4 Å². The van der Waals surface area contributed by atoms with Crippen molar-refractivity contribution in [2.24, 2.45) is 15.6 Å². The predicted molar refractivity (Wildman–Crippen MR) is 144 cm³/mol. The van der Waals surface area contributed by atoms with Gasteiger partial charge < -0.3 is 10.2 Å². The summed E-state index contributed by atoms with van der Waals surface area (Å²) in [5, 5.41) is 28.4. The second-order valence-corrected chi connectivity index (χ2v) is 8.85. The zero-order valence-corrected chi connectivity index (χ0v) is 21.0. The molecule has 38 heavy (non-hydrogen) atoms. The average molecular weight is 517 g/mol. The zero-order chi connectivity index (χ0) is 27.7. The van der Waals surface area contributed by atoms with Gasteiger partial charge in [0.25, 0.3) is 11.8 Å². The van der Waals surface area contributed by atoms with E-state index in [1.165, 1.54) is 35.2 Å². The Morgan fingerprint density at radius 2 is 1.47 bits per heavy atom. The number of aliphatic carboxylic acids is 2. The van der Waals surface area contributed by atoms with Gasteiger partial charge in [0.05, 0.1) is 29.6 Å². The lowest BCUT2D eigenvalue weighted by Crippen LogP contribution is -2.28. The summed E-state index contributed by atoms with van der Waals surface area (Å²) in [4.78, 5) is 43.9. The number of anilines is 2. The van der Waals surface area contributed by atoms with Gasteiger partial charge in [-0.3, -0.25) is 14.4 Å². The summed E-state index contributed by atoms with van der Waals surface area (Å²) in [5.74, 6) is -1.99. The maximum atomic E-state index is 11.4. The van der Waals surface area contributed by atoms with Gasteiger partial charge in [-0.15, -0.1) is 0 Å². The van der Waals surface area contributed by atoms with E-state index in [0.717, 1.165) is 17.1 Å². The number of rotatable bonds is 4. The minimum Gasteiger partial charge on any atom is -0.481 e. The van der Waals surface area contributed by atoms with Gasteiger partial charge in [-0.05, 0) is 44.5 Å². The number of amides is 2. The van der Waals surface area contributed by atoms with E-state index in [0.29, 0.717) is 12.8 Å². The van der Waals surface area contributed by atoms with E-state index < -0.39 is 17.4 Å². The number of hydrazone groups is 2. The number of hydrogen-bond acceptors (Lipinski definition) is 6. The van der Waals surface area contributed by atoms with Crippen LogP contribution >= 0.6 is 0 Å². The second-order valence-electron chi connectivity index (χ2n) is 8.85. The van der Waals surface area contributed by atoms with Crippen molar-refractivity contribution in [2.45, 2.75) is 33.1 Å².